The summed E-state index contributed by atoms with van der Waals surface area (Å²) in [6, 6.07) is 1.27. The third-order valence-corrected chi connectivity index (χ3v) is 4.21. The van der Waals surface area contributed by atoms with Crippen LogP contribution < -0.4 is 4.90 Å². The molecule has 1 aliphatic rings. The largest absolute Gasteiger partial charge is 0.390 e. The zero-order chi connectivity index (χ0) is 17.0. The van der Waals surface area contributed by atoms with E-state index < -0.39 is 11.0 Å². The van der Waals surface area contributed by atoms with Gasteiger partial charge >= 0.3 is 0 Å². The first kappa shape index (κ1) is 17.9. The number of piperazine rings is 1. The summed E-state index contributed by atoms with van der Waals surface area (Å²) >= 11 is 6.05. The van der Waals surface area contributed by atoms with E-state index in [2.05, 4.69) is 21.8 Å². The Morgan fingerprint density at radius 2 is 2.13 bits per heavy atom. The van der Waals surface area contributed by atoms with Gasteiger partial charge < -0.3 is 14.9 Å². The molecule has 1 aliphatic heterocycles. The van der Waals surface area contributed by atoms with Gasteiger partial charge in [0.25, 0.3) is 5.69 Å². The molecule has 8 nitrogen and oxygen atoms in total. The third-order valence-electron chi connectivity index (χ3n) is 3.93. The second kappa shape index (κ2) is 7.87. The van der Waals surface area contributed by atoms with E-state index in [-0.39, 0.29) is 10.7 Å². The molecular weight excluding hydrogens is 322 g/mol. The number of pyridine rings is 1. The molecule has 1 fully saturated rings. The second-order valence-corrected chi connectivity index (χ2v) is 6.30. The Morgan fingerprint density at radius 1 is 1.48 bits per heavy atom. The number of nitro groups is 1. The fraction of sp³-hybridized carbons (Fsp3) is 0.643. The Kier molecular flexibility index (Phi) is 6.11. The van der Waals surface area contributed by atoms with Gasteiger partial charge in [0.15, 0.2) is 0 Å². The van der Waals surface area contributed by atoms with Crippen LogP contribution in [0.25, 0.3) is 0 Å². The molecule has 128 valence electrons. The maximum Gasteiger partial charge on any atom is 0.289 e. The lowest BCUT2D eigenvalue weighted by atomic mass is 10.2. The van der Waals surface area contributed by atoms with Crippen LogP contribution in [0.15, 0.2) is 12.3 Å². The van der Waals surface area contributed by atoms with Crippen LogP contribution in [0.4, 0.5) is 11.5 Å². The molecule has 9 heteroatoms. The number of hydrogen-bond donors (Lipinski definition) is 1. The molecule has 0 aromatic carbocycles. The molecule has 0 aliphatic carbocycles. The zero-order valence-electron chi connectivity index (χ0n) is 13.4. The summed E-state index contributed by atoms with van der Waals surface area (Å²) in [6.07, 6.45) is 0.626. The number of aromatic nitrogens is 1. The van der Waals surface area contributed by atoms with Crippen molar-refractivity contribution in [1.29, 1.82) is 0 Å². The molecule has 1 aromatic rings. The smallest absolute Gasteiger partial charge is 0.289 e. The number of aliphatic hydroxyl groups is 1. The van der Waals surface area contributed by atoms with Crippen LogP contribution in [0.1, 0.15) is 0 Å². The summed E-state index contributed by atoms with van der Waals surface area (Å²) in [4.78, 5) is 20.4. The van der Waals surface area contributed by atoms with Crippen molar-refractivity contribution in [2.45, 2.75) is 6.10 Å². The lowest BCUT2D eigenvalue weighted by Crippen LogP contribution is -2.48. The highest BCUT2D eigenvalue weighted by atomic mass is 35.5. The fourth-order valence-corrected chi connectivity index (χ4v) is 2.90. The molecule has 0 saturated carbocycles. The van der Waals surface area contributed by atoms with Gasteiger partial charge in [-0.05, 0) is 7.05 Å². The predicted molar refractivity (Wildman–Crippen MR) is 89.1 cm³/mol. The Morgan fingerprint density at radius 3 is 2.70 bits per heavy atom. The fourth-order valence-electron chi connectivity index (χ4n) is 2.59. The van der Waals surface area contributed by atoms with Gasteiger partial charge in [0.2, 0.25) is 0 Å². The first-order valence-corrected chi connectivity index (χ1v) is 7.84. The van der Waals surface area contributed by atoms with E-state index in [9.17, 15) is 15.2 Å². The molecule has 0 unspecified atom stereocenters. The number of rotatable bonds is 6. The molecule has 0 radical (unpaired) electrons. The Labute approximate surface area is 140 Å². The normalized spacial score (nSPS) is 17.9. The highest BCUT2D eigenvalue weighted by Gasteiger charge is 2.20. The standard InChI is InChI=1S/C14H22ClN5O3/c1-17-3-5-19(6-4-17)10-12(21)9-18(2)14-13(15)7-11(8-16-14)20(22)23/h7-8,12,21H,3-6,9-10H2,1-2H3/t12-/m1/s1. The summed E-state index contributed by atoms with van der Waals surface area (Å²) < 4.78 is 0. The van der Waals surface area contributed by atoms with Crippen LogP contribution in [0.5, 0.6) is 0 Å². The molecule has 1 atom stereocenters. The van der Waals surface area contributed by atoms with Crippen LogP contribution in [-0.2, 0) is 0 Å². The zero-order valence-corrected chi connectivity index (χ0v) is 14.1. The van der Waals surface area contributed by atoms with E-state index in [0.717, 1.165) is 26.2 Å². The number of likely N-dealkylation sites (N-methyl/N-ethyl adjacent to an activating group) is 2. The summed E-state index contributed by atoms with van der Waals surface area (Å²) in [7, 11) is 3.84. The average molecular weight is 344 g/mol. The highest BCUT2D eigenvalue weighted by molar-refractivity contribution is 6.33. The molecule has 1 aromatic heterocycles. The number of hydrogen-bond acceptors (Lipinski definition) is 7. The van der Waals surface area contributed by atoms with E-state index in [1.807, 2.05) is 0 Å². The van der Waals surface area contributed by atoms with Crippen LogP contribution >= 0.6 is 11.6 Å². The van der Waals surface area contributed by atoms with Gasteiger partial charge in [-0.2, -0.15) is 0 Å². The van der Waals surface area contributed by atoms with Crippen molar-refractivity contribution in [2.75, 3.05) is 58.3 Å². The second-order valence-electron chi connectivity index (χ2n) is 5.89. The van der Waals surface area contributed by atoms with E-state index in [0.29, 0.717) is 18.9 Å². The quantitative estimate of drug-likeness (QED) is 0.600. The molecule has 0 bridgehead atoms. The van der Waals surface area contributed by atoms with Crippen molar-refractivity contribution >= 4 is 23.1 Å². The molecular formula is C14H22ClN5O3. The minimum atomic E-state index is -0.545. The van der Waals surface area contributed by atoms with E-state index in [4.69, 9.17) is 11.6 Å². The third kappa shape index (κ3) is 5.00. The first-order valence-electron chi connectivity index (χ1n) is 7.47. The minimum Gasteiger partial charge on any atom is -0.390 e. The Hall–Kier alpha value is -1.48. The van der Waals surface area contributed by atoms with Gasteiger partial charge in [-0.3, -0.25) is 15.0 Å². The van der Waals surface area contributed by atoms with Crippen molar-refractivity contribution < 1.29 is 10.0 Å². The first-order chi connectivity index (χ1) is 10.9. The van der Waals surface area contributed by atoms with Crippen molar-refractivity contribution in [3.05, 3.63) is 27.4 Å². The van der Waals surface area contributed by atoms with Crippen LogP contribution in [0.2, 0.25) is 5.02 Å². The number of halogens is 1. The monoisotopic (exact) mass is 343 g/mol. The number of β-amino-alcohol motifs (C(OH)–C–C–N with tert-alkyl or cyclic N) is 1. The van der Waals surface area contributed by atoms with Gasteiger partial charge in [0.1, 0.15) is 12.0 Å². The summed E-state index contributed by atoms with van der Waals surface area (Å²) in [6.45, 7) is 4.82. The van der Waals surface area contributed by atoms with Crippen molar-refractivity contribution in [3.8, 4) is 0 Å². The number of nitrogens with zero attached hydrogens (tertiary/aromatic N) is 5. The van der Waals surface area contributed by atoms with Gasteiger partial charge in [-0.1, -0.05) is 11.6 Å². The van der Waals surface area contributed by atoms with Crippen molar-refractivity contribution in [2.24, 2.45) is 0 Å². The summed E-state index contributed by atoms with van der Waals surface area (Å²) in [5.41, 5.74) is -0.148. The molecule has 2 heterocycles. The van der Waals surface area contributed by atoms with Crippen LogP contribution in [-0.4, -0.2) is 84.3 Å². The van der Waals surface area contributed by atoms with Crippen molar-refractivity contribution in [1.82, 2.24) is 14.8 Å². The lowest BCUT2D eigenvalue weighted by molar-refractivity contribution is -0.385. The van der Waals surface area contributed by atoms with Crippen molar-refractivity contribution in [3.63, 3.8) is 0 Å². The Bertz CT molecular complexity index is 551. The average Bonchev–Trinajstić information content (AvgIpc) is 2.49. The number of aliphatic hydroxyl groups excluding tert-OH is 1. The minimum absolute atomic E-state index is 0.148. The molecule has 1 saturated heterocycles. The van der Waals surface area contributed by atoms with E-state index in [1.165, 1.54) is 12.3 Å². The summed E-state index contributed by atoms with van der Waals surface area (Å²) in [5.74, 6) is 0.426. The highest BCUT2D eigenvalue weighted by Crippen LogP contribution is 2.26. The SMILES string of the molecule is CN1CCN(C[C@H](O)CN(C)c2ncc([N+](=O)[O-])cc2Cl)CC1. The number of anilines is 1. The van der Waals surface area contributed by atoms with Crippen LogP contribution in [0.3, 0.4) is 0 Å². The van der Waals surface area contributed by atoms with E-state index in [1.54, 1.807) is 11.9 Å². The Balaban J connectivity index is 1.90. The molecule has 0 amide bonds. The molecule has 23 heavy (non-hydrogen) atoms. The van der Waals surface area contributed by atoms with Gasteiger partial charge in [0.05, 0.1) is 16.0 Å². The topological polar surface area (TPSA) is 86.0 Å². The van der Waals surface area contributed by atoms with Gasteiger partial charge in [-0.15, -0.1) is 0 Å². The summed E-state index contributed by atoms with van der Waals surface area (Å²) in [5, 5.41) is 21.2. The molecule has 1 N–H and O–H groups in total. The lowest BCUT2D eigenvalue weighted by Gasteiger charge is -2.34. The van der Waals surface area contributed by atoms with Gasteiger partial charge in [0, 0.05) is 52.4 Å². The molecule has 2 rings (SSSR count). The maximum atomic E-state index is 10.7. The van der Waals surface area contributed by atoms with E-state index >= 15 is 0 Å². The predicted octanol–water partition coefficient (Wildman–Crippen LogP) is 0.688. The molecule has 0 spiro atoms. The van der Waals surface area contributed by atoms with Gasteiger partial charge in [-0.25, -0.2) is 4.98 Å². The maximum absolute atomic E-state index is 10.7. The van der Waals surface area contributed by atoms with Crippen LogP contribution in [0, 0.1) is 10.1 Å².